The van der Waals surface area contributed by atoms with E-state index in [1.807, 2.05) is 0 Å². The van der Waals surface area contributed by atoms with Gasteiger partial charge in [-0.15, -0.1) is 23.1 Å². The van der Waals surface area contributed by atoms with E-state index in [4.69, 9.17) is 4.74 Å². The van der Waals surface area contributed by atoms with Crippen molar-refractivity contribution in [3.63, 3.8) is 0 Å². The number of nitrogens with zero attached hydrogens (tertiary/aromatic N) is 2. The van der Waals surface area contributed by atoms with Crippen LogP contribution in [0.25, 0.3) is 0 Å². The van der Waals surface area contributed by atoms with E-state index >= 15 is 0 Å². The van der Waals surface area contributed by atoms with Crippen molar-refractivity contribution in [2.45, 2.75) is 56.2 Å². The molecule has 226 valence electrons. The van der Waals surface area contributed by atoms with Crippen LogP contribution in [0.2, 0.25) is 0 Å². The van der Waals surface area contributed by atoms with Crippen LogP contribution in [0.3, 0.4) is 0 Å². The Labute approximate surface area is 253 Å². The molecule has 0 bridgehead atoms. The van der Waals surface area contributed by atoms with E-state index < -0.39 is 46.3 Å². The Balaban J connectivity index is 1.25. The van der Waals surface area contributed by atoms with E-state index in [1.54, 1.807) is 17.5 Å². The molecule has 0 spiro atoms. The van der Waals surface area contributed by atoms with Crippen molar-refractivity contribution >= 4 is 58.4 Å². The van der Waals surface area contributed by atoms with Gasteiger partial charge in [-0.1, -0.05) is 25.3 Å². The third kappa shape index (κ3) is 6.41. The highest BCUT2D eigenvalue weighted by molar-refractivity contribution is 8.00. The quantitative estimate of drug-likeness (QED) is 0.200. The Bertz CT molecular complexity index is 1470. The van der Waals surface area contributed by atoms with Gasteiger partial charge in [-0.2, -0.15) is 0 Å². The number of ether oxygens (including phenoxy) is 1. The molecule has 2 aliphatic heterocycles. The number of carbonyl (C=O) groups is 5. The predicted molar refractivity (Wildman–Crippen MR) is 155 cm³/mol. The van der Waals surface area contributed by atoms with Crippen LogP contribution in [0.5, 0.6) is 0 Å². The van der Waals surface area contributed by atoms with Gasteiger partial charge >= 0.3 is 12.1 Å². The van der Waals surface area contributed by atoms with Gasteiger partial charge in [0.25, 0.3) is 11.6 Å². The summed E-state index contributed by atoms with van der Waals surface area (Å²) in [6.07, 6.45) is 3.32. The summed E-state index contributed by atoms with van der Waals surface area (Å²) in [5.74, 6) is -3.07. The maximum Gasteiger partial charge on any atom is 0.408 e. The van der Waals surface area contributed by atoms with Crippen molar-refractivity contribution in [1.82, 2.24) is 15.5 Å². The first-order valence-electron chi connectivity index (χ1n) is 13.6. The van der Waals surface area contributed by atoms with E-state index in [2.05, 4.69) is 10.6 Å². The third-order valence-corrected chi connectivity index (χ3v) is 9.83. The zero-order valence-corrected chi connectivity index (χ0v) is 24.4. The molecule has 3 N–H and O–H groups in total. The Hall–Kier alpha value is -4.24. The number of amides is 3. The summed E-state index contributed by atoms with van der Waals surface area (Å²) in [6, 6.07) is 6.49. The lowest BCUT2D eigenvalue weighted by molar-refractivity contribution is -0.384. The molecular formula is C28H28N4O9S2. The van der Waals surface area contributed by atoms with Gasteiger partial charge in [-0.3, -0.25) is 29.4 Å². The molecule has 43 heavy (non-hydrogen) atoms. The molecule has 1 aliphatic carbocycles. The number of alkyl carbamates (subject to hydrolysis) is 1. The van der Waals surface area contributed by atoms with Gasteiger partial charge in [0.15, 0.2) is 5.78 Å². The molecule has 3 heterocycles. The van der Waals surface area contributed by atoms with Crippen LogP contribution in [0.1, 0.15) is 48.6 Å². The molecule has 0 radical (unpaired) electrons. The maximum absolute atomic E-state index is 13.4. The molecule has 3 aliphatic rings. The first-order valence-corrected chi connectivity index (χ1v) is 15.5. The summed E-state index contributed by atoms with van der Waals surface area (Å²) in [4.78, 5) is 76.4. The number of β-lactam (4-membered cyclic amide) rings is 1. The van der Waals surface area contributed by atoms with Crippen molar-refractivity contribution in [1.29, 1.82) is 0 Å². The molecule has 1 aromatic heterocycles. The van der Waals surface area contributed by atoms with Crippen LogP contribution < -0.4 is 10.6 Å². The number of thioether (sulfide) groups is 1. The summed E-state index contributed by atoms with van der Waals surface area (Å²) in [6.45, 7) is -0.205. The number of fused-ring (bicyclic) bond motifs is 1. The van der Waals surface area contributed by atoms with Crippen LogP contribution in [0, 0.1) is 16.0 Å². The average molecular weight is 629 g/mol. The largest absolute Gasteiger partial charge is 0.477 e. The number of rotatable bonds is 10. The standard InChI is InChI=1S/C28H28N4O9S2/c33-23(16-5-2-1-3-6-16)18-14-43-26-21(25(35)31(26)22(18)27(36)37)29-24(34)20(19-7-4-12-42-19)30-28(38)41-13-15-8-10-17(11-9-15)32(39)40/h4,7-12,16,20-21,26H,1-3,5-6,13-14H2,(H,29,34)(H,30,38)(H,36,37)/t20?,21?,26-/m0/s1. The van der Waals surface area contributed by atoms with Crippen molar-refractivity contribution in [3.05, 3.63) is 73.6 Å². The number of benzene rings is 1. The van der Waals surface area contributed by atoms with Crippen molar-refractivity contribution in [2.75, 3.05) is 5.75 Å². The zero-order chi connectivity index (χ0) is 30.7. The molecule has 1 aromatic carbocycles. The summed E-state index contributed by atoms with van der Waals surface area (Å²) < 4.78 is 5.21. The molecule has 3 atom stereocenters. The number of thiophene rings is 1. The molecule has 2 unspecified atom stereocenters. The first-order chi connectivity index (χ1) is 20.7. The summed E-state index contributed by atoms with van der Waals surface area (Å²) in [5.41, 5.74) is 0.196. The highest BCUT2D eigenvalue weighted by atomic mass is 32.2. The molecule has 2 aromatic rings. The second-order valence-corrected chi connectivity index (χ2v) is 12.4. The van der Waals surface area contributed by atoms with Crippen LogP contribution in [-0.2, 0) is 30.5 Å². The number of nitrogens with one attached hydrogen (secondary N) is 2. The van der Waals surface area contributed by atoms with Gasteiger partial charge in [0.2, 0.25) is 5.91 Å². The van der Waals surface area contributed by atoms with E-state index in [0.717, 1.165) is 24.2 Å². The number of hydrogen-bond acceptors (Lipinski definition) is 10. The first kappa shape index (κ1) is 30.2. The van der Waals surface area contributed by atoms with Crippen LogP contribution in [0.4, 0.5) is 10.5 Å². The minimum atomic E-state index is -1.36. The van der Waals surface area contributed by atoms with E-state index in [-0.39, 0.29) is 41.0 Å². The fourth-order valence-corrected chi connectivity index (χ4v) is 7.52. The minimum Gasteiger partial charge on any atom is -0.477 e. The molecule has 3 amide bonds. The van der Waals surface area contributed by atoms with E-state index in [1.165, 1.54) is 47.4 Å². The lowest BCUT2D eigenvalue weighted by atomic mass is 9.83. The number of ketones is 1. The van der Waals surface area contributed by atoms with Gasteiger partial charge in [0, 0.05) is 34.3 Å². The Morgan fingerprint density at radius 2 is 1.84 bits per heavy atom. The smallest absolute Gasteiger partial charge is 0.408 e. The number of carbonyl (C=O) groups excluding carboxylic acids is 4. The average Bonchev–Trinajstić information content (AvgIpc) is 3.55. The topological polar surface area (TPSA) is 185 Å². The van der Waals surface area contributed by atoms with Gasteiger partial charge < -0.3 is 20.5 Å². The second-order valence-electron chi connectivity index (χ2n) is 10.3. The number of Topliss-reactive ketones (excluding diaryl/α,β-unsaturated/α-hetero) is 1. The Kier molecular flexibility index (Phi) is 9.11. The molecule has 13 nitrogen and oxygen atoms in total. The van der Waals surface area contributed by atoms with Gasteiger partial charge in [-0.25, -0.2) is 9.59 Å². The van der Waals surface area contributed by atoms with E-state index in [9.17, 15) is 39.2 Å². The number of non-ortho nitro benzene ring substituents is 1. The van der Waals surface area contributed by atoms with Crippen LogP contribution >= 0.6 is 23.1 Å². The summed E-state index contributed by atoms with van der Waals surface area (Å²) >= 11 is 2.42. The van der Waals surface area contributed by atoms with Gasteiger partial charge in [-0.05, 0) is 42.0 Å². The lowest BCUT2D eigenvalue weighted by Crippen LogP contribution is -2.71. The molecule has 5 rings (SSSR count). The molecular weight excluding hydrogens is 600 g/mol. The third-order valence-electron chi connectivity index (χ3n) is 7.61. The number of nitro groups is 1. The summed E-state index contributed by atoms with van der Waals surface area (Å²) in [5, 5.41) is 26.9. The zero-order valence-electron chi connectivity index (χ0n) is 22.7. The van der Waals surface area contributed by atoms with Gasteiger partial charge in [0.05, 0.1) is 4.92 Å². The second kappa shape index (κ2) is 13.0. The number of nitro benzene ring substituents is 1. The molecule has 15 heteroatoms. The van der Waals surface area contributed by atoms with E-state index in [0.29, 0.717) is 23.3 Å². The highest BCUT2D eigenvalue weighted by Gasteiger charge is 2.55. The Morgan fingerprint density at radius 3 is 2.47 bits per heavy atom. The van der Waals surface area contributed by atoms with Crippen molar-refractivity contribution in [3.8, 4) is 0 Å². The van der Waals surface area contributed by atoms with Crippen LogP contribution in [-0.4, -0.2) is 61.8 Å². The van der Waals surface area contributed by atoms with Crippen molar-refractivity contribution < 1.29 is 38.7 Å². The fraction of sp³-hybridized carbons (Fsp3) is 0.393. The van der Waals surface area contributed by atoms with Crippen LogP contribution in [0.15, 0.2) is 53.0 Å². The Morgan fingerprint density at radius 1 is 1.12 bits per heavy atom. The fourth-order valence-electron chi connectivity index (χ4n) is 5.40. The SMILES string of the molecule is O=C(NC(C(=O)NC1C(=O)N2C(C(=O)O)=C(C(=O)C3CCCCC3)CS[C@@H]12)c1cccs1)OCc1ccc([N+](=O)[O-])cc1. The summed E-state index contributed by atoms with van der Waals surface area (Å²) in [7, 11) is 0. The predicted octanol–water partition coefficient (Wildman–Crippen LogP) is 3.51. The number of hydrogen-bond donors (Lipinski definition) is 3. The van der Waals surface area contributed by atoms with Gasteiger partial charge in [0.1, 0.15) is 29.8 Å². The number of carboxylic acids is 1. The normalized spacial score (nSPS) is 20.8. The maximum atomic E-state index is 13.4. The molecule has 1 saturated carbocycles. The van der Waals surface area contributed by atoms with Crippen molar-refractivity contribution in [2.24, 2.45) is 5.92 Å². The highest BCUT2D eigenvalue weighted by Crippen LogP contribution is 2.42. The monoisotopic (exact) mass is 628 g/mol. The number of carboxylic acid groups (broad SMARTS) is 1. The number of aliphatic carboxylic acids is 1. The minimum absolute atomic E-state index is 0.110. The molecule has 2 fully saturated rings. The lowest BCUT2D eigenvalue weighted by Gasteiger charge is -2.49. The molecule has 1 saturated heterocycles.